The molecule has 8 nitrogen and oxygen atoms in total. The Labute approximate surface area is 189 Å². The predicted molar refractivity (Wildman–Crippen MR) is 121 cm³/mol. The van der Waals surface area contributed by atoms with E-state index in [0.29, 0.717) is 29.5 Å². The number of ether oxygens (including phenoxy) is 4. The average Bonchev–Trinajstić information content (AvgIpc) is 3.34. The van der Waals surface area contributed by atoms with E-state index >= 15 is 0 Å². The van der Waals surface area contributed by atoms with Gasteiger partial charge in [-0.05, 0) is 17.7 Å². The van der Waals surface area contributed by atoms with Crippen molar-refractivity contribution in [3.8, 4) is 23.0 Å². The van der Waals surface area contributed by atoms with Crippen LogP contribution in [0, 0.1) is 0 Å². The van der Waals surface area contributed by atoms with Gasteiger partial charge in [0.1, 0.15) is 11.3 Å². The van der Waals surface area contributed by atoms with Crippen molar-refractivity contribution in [2.24, 2.45) is 0 Å². The van der Waals surface area contributed by atoms with Gasteiger partial charge in [0.15, 0.2) is 15.8 Å². The lowest BCUT2D eigenvalue weighted by atomic mass is 10.1. The third-order valence-electron chi connectivity index (χ3n) is 4.42. The lowest BCUT2D eigenvalue weighted by molar-refractivity contribution is -0.116. The zero-order valence-electron chi connectivity index (χ0n) is 17.7. The Morgan fingerprint density at radius 3 is 2.19 bits per heavy atom. The van der Waals surface area contributed by atoms with Crippen LogP contribution in [-0.2, 0) is 11.3 Å². The minimum absolute atomic E-state index is 0.0923. The Hall–Kier alpha value is -2.98. The minimum atomic E-state index is -0.0923. The number of thioether (sulfide) groups is 1. The molecule has 0 bridgehead atoms. The fourth-order valence-electron chi connectivity index (χ4n) is 2.89. The van der Waals surface area contributed by atoms with Crippen LogP contribution in [0.2, 0.25) is 0 Å². The van der Waals surface area contributed by atoms with Crippen LogP contribution in [0.4, 0.5) is 5.69 Å². The molecule has 1 amide bonds. The Morgan fingerprint density at radius 2 is 1.68 bits per heavy atom. The number of benzene rings is 2. The van der Waals surface area contributed by atoms with E-state index in [9.17, 15) is 4.79 Å². The molecule has 0 aliphatic carbocycles. The molecule has 1 heterocycles. The summed E-state index contributed by atoms with van der Waals surface area (Å²) in [6.45, 7) is 0.359. The van der Waals surface area contributed by atoms with Crippen LogP contribution < -0.4 is 23.8 Å². The maximum Gasteiger partial charge on any atom is 0.237 e. The van der Waals surface area contributed by atoms with Crippen LogP contribution in [-0.4, -0.2) is 50.3 Å². The largest absolute Gasteiger partial charge is 0.497 e. The number of nitrogens with zero attached hydrogens (tertiary/aromatic N) is 3. The third-order valence-corrected chi connectivity index (χ3v) is 6.27. The molecule has 31 heavy (non-hydrogen) atoms. The molecule has 0 aliphatic rings. The molecule has 0 radical (unpaired) electrons. The van der Waals surface area contributed by atoms with Gasteiger partial charge >= 0.3 is 0 Å². The first kappa shape index (κ1) is 22.7. The summed E-state index contributed by atoms with van der Waals surface area (Å²) in [5.41, 5.74) is 3.22. The van der Waals surface area contributed by atoms with Crippen LogP contribution in [0.3, 0.4) is 0 Å². The molecule has 0 unspecified atom stereocenters. The van der Waals surface area contributed by atoms with Crippen LogP contribution in [0.25, 0.3) is 0 Å². The molecule has 0 saturated carbocycles. The van der Waals surface area contributed by atoms with Gasteiger partial charge in [0.25, 0.3) is 0 Å². The maximum atomic E-state index is 13.2. The summed E-state index contributed by atoms with van der Waals surface area (Å²) in [5, 5.41) is 7.81. The van der Waals surface area contributed by atoms with E-state index in [2.05, 4.69) is 10.2 Å². The van der Waals surface area contributed by atoms with Crippen molar-refractivity contribution in [2.75, 3.05) is 39.1 Å². The van der Waals surface area contributed by atoms with E-state index in [0.717, 1.165) is 15.7 Å². The number of methoxy groups -OCH3 is 4. The molecule has 10 heteroatoms. The van der Waals surface area contributed by atoms with E-state index in [1.54, 1.807) is 51.0 Å². The summed E-state index contributed by atoms with van der Waals surface area (Å²) in [4.78, 5) is 14.9. The topological polar surface area (TPSA) is 83.0 Å². The first-order chi connectivity index (χ1) is 15.1. The van der Waals surface area contributed by atoms with E-state index in [-0.39, 0.29) is 11.7 Å². The summed E-state index contributed by atoms with van der Waals surface area (Å²) in [5.74, 6) is 2.28. The summed E-state index contributed by atoms with van der Waals surface area (Å²) >= 11 is 2.75. The molecule has 0 fully saturated rings. The number of hydrogen-bond acceptors (Lipinski definition) is 9. The number of aromatic nitrogens is 2. The van der Waals surface area contributed by atoms with Crippen molar-refractivity contribution < 1.29 is 23.7 Å². The van der Waals surface area contributed by atoms with Crippen molar-refractivity contribution in [1.29, 1.82) is 0 Å². The van der Waals surface area contributed by atoms with Crippen molar-refractivity contribution >= 4 is 34.7 Å². The lowest BCUT2D eigenvalue weighted by Crippen LogP contribution is -2.32. The van der Waals surface area contributed by atoms with Crippen LogP contribution >= 0.6 is 23.1 Å². The quantitative estimate of drug-likeness (QED) is 0.421. The second-order valence-electron chi connectivity index (χ2n) is 6.20. The smallest absolute Gasteiger partial charge is 0.237 e. The highest BCUT2D eigenvalue weighted by Crippen LogP contribution is 2.41. The second kappa shape index (κ2) is 10.9. The van der Waals surface area contributed by atoms with Gasteiger partial charge in [0, 0.05) is 12.1 Å². The van der Waals surface area contributed by atoms with Gasteiger partial charge < -0.3 is 23.8 Å². The Morgan fingerprint density at radius 1 is 1.00 bits per heavy atom. The minimum Gasteiger partial charge on any atom is -0.497 e. The summed E-state index contributed by atoms with van der Waals surface area (Å²) in [6, 6.07) is 11.1. The first-order valence-electron chi connectivity index (χ1n) is 9.21. The molecule has 0 atom stereocenters. The van der Waals surface area contributed by atoms with Gasteiger partial charge in [-0.1, -0.05) is 35.2 Å². The maximum absolute atomic E-state index is 13.2. The van der Waals surface area contributed by atoms with Crippen LogP contribution in [0.15, 0.2) is 46.2 Å². The Bertz CT molecular complexity index is 972. The van der Waals surface area contributed by atoms with E-state index < -0.39 is 0 Å². The zero-order chi connectivity index (χ0) is 22.2. The molecule has 3 rings (SSSR count). The van der Waals surface area contributed by atoms with E-state index in [1.807, 2.05) is 24.3 Å². The highest BCUT2D eigenvalue weighted by atomic mass is 32.2. The molecular weight excluding hydrogens is 438 g/mol. The SMILES string of the molecule is COc1ccc(CN(C(=O)CSc2nncs2)c2cc(OC)c(OC)c(OC)c2)cc1. The first-order valence-corrected chi connectivity index (χ1v) is 11.1. The fraction of sp³-hybridized carbons (Fsp3) is 0.286. The molecule has 0 aliphatic heterocycles. The van der Waals surface area contributed by atoms with Crippen LogP contribution in [0.1, 0.15) is 5.56 Å². The summed E-state index contributed by atoms with van der Waals surface area (Å²) in [7, 11) is 6.24. The van der Waals surface area contributed by atoms with Crippen molar-refractivity contribution in [3.63, 3.8) is 0 Å². The normalized spacial score (nSPS) is 10.5. The highest BCUT2D eigenvalue weighted by Gasteiger charge is 2.22. The standard InChI is InChI=1S/C21H23N3O5S2/c1-26-16-7-5-14(6-8-16)11-24(19(25)12-30-21-23-22-13-31-21)15-9-17(27-2)20(29-4)18(10-15)28-3/h5-10,13H,11-12H2,1-4H3. The fourth-order valence-corrected chi connectivity index (χ4v) is 4.25. The number of rotatable bonds is 10. The molecule has 0 spiro atoms. The summed E-state index contributed by atoms with van der Waals surface area (Å²) in [6.07, 6.45) is 0. The van der Waals surface area contributed by atoms with Crippen molar-refractivity contribution in [1.82, 2.24) is 10.2 Å². The van der Waals surface area contributed by atoms with Gasteiger partial charge in [0.05, 0.1) is 46.4 Å². The van der Waals surface area contributed by atoms with Crippen molar-refractivity contribution in [2.45, 2.75) is 10.9 Å². The molecule has 3 aromatic rings. The number of anilines is 1. The van der Waals surface area contributed by atoms with Gasteiger partial charge in [-0.15, -0.1) is 10.2 Å². The number of carbonyl (C=O) groups excluding carboxylic acids is 1. The van der Waals surface area contributed by atoms with Gasteiger partial charge in [-0.2, -0.15) is 0 Å². The van der Waals surface area contributed by atoms with Crippen LogP contribution in [0.5, 0.6) is 23.0 Å². The van der Waals surface area contributed by atoms with Gasteiger partial charge in [-0.25, -0.2) is 0 Å². The second-order valence-corrected chi connectivity index (χ2v) is 8.26. The Balaban J connectivity index is 1.94. The Kier molecular flexibility index (Phi) is 7.96. The zero-order valence-corrected chi connectivity index (χ0v) is 19.3. The van der Waals surface area contributed by atoms with Gasteiger partial charge in [0.2, 0.25) is 11.7 Å². The number of hydrogen-bond donors (Lipinski definition) is 0. The number of amides is 1. The van der Waals surface area contributed by atoms with Gasteiger partial charge in [-0.3, -0.25) is 4.79 Å². The predicted octanol–water partition coefficient (Wildman–Crippen LogP) is 3.90. The lowest BCUT2D eigenvalue weighted by Gasteiger charge is -2.25. The number of carbonyl (C=O) groups is 1. The molecule has 2 aromatic carbocycles. The molecule has 164 valence electrons. The molecule has 0 N–H and O–H groups in total. The summed E-state index contributed by atoms with van der Waals surface area (Å²) < 4.78 is 22.3. The third kappa shape index (κ3) is 5.59. The monoisotopic (exact) mass is 461 g/mol. The molecular formula is C21H23N3O5S2. The van der Waals surface area contributed by atoms with Crippen molar-refractivity contribution in [3.05, 3.63) is 47.5 Å². The van der Waals surface area contributed by atoms with E-state index in [4.69, 9.17) is 18.9 Å². The molecule has 1 aromatic heterocycles. The molecule has 0 saturated heterocycles. The van der Waals surface area contributed by atoms with E-state index in [1.165, 1.54) is 23.1 Å². The average molecular weight is 462 g/mol. The highest BCUT2D eigenvalue weighted by molar-refractivity contribution is 8.01.